The van der Waals surface area contributed by atoms with Crippen LogP contribution < -0.4 is 10.2 Å². The molecule has 3 rings (SSSR count). The van der Waals surface area contributed by atoms with Gasteiger partial charge in [0.05, 0.1) is 0 Å². The smallest absolute Gasteiger partial charge is 0.0411 e. The van der Waals surface area contributed by atoms with Crippen LogP contribution >= 0.6 is 0 Å². The molecule has 0 atom stereocenters. The minimum Gasteiger partial charge on any atom is -0.388 e. The molecule has 1 N–H and O–H groups in total. The quantitative estimate of drug-likeness (QED) is 0.888. The number of aryl methyl sites for hydroxylation is 2. The maximum absolute atomic E-state index is 3.15. The number of rotatable bonds is 3. The van der Waals surface area contributed by atoms with Gasteiger partial charge in [-0.05, 0) is 66.8 Å². The average Bonchev–Trinajstić information content (AvgIpc) is 2.94. The molecule has 0 spiro atoms. The minimum absolute atomic E-state index is 1.14. The van der Waals surface area contributed by atoms with Gasteiger partial charge >= 0.3 is 0 Å². The van der Waals surface area contributed by atoms with Crippen LogP contribution in [0.5, 0.6) is 0 Å². The van der Waals surface area contributed by atoms with Gasteiger partial charge in [-0.2, -0.15) is 0 Å². The predicted octanol–water partition coefficient (Wildman–Crippen LogP) is 3.98. The summed E-state index contributed by atoms with van der Waals surface area (Å²) < 4.78 is 0. The molecule has 1 aliphatic rings. The highest BCUT2D eigenvalue weighted by Gasteiger charge is 2.12. The maximum Gasteiger partial charge on any atom is 0.0411 e. The molecule has 0 unspecified atom stereocenters. The molecule has 0 saturated carbocycles. The summed E-state index contributed by atoms with van der Waals surface area (Å²) in [5.74, 6) is 0. The van der Waals surface area contributed by atoms with Crippen molar-refractivity contribution in [2.45, 2.75) is 19.3 Å². The summed E-state index contributed by atoms with van der Waals surface area (Å²) >= 11 is 0. The lowest BCUT2D eigenvalue weighted by molar-refractivity contribution is 0.911. The Morgan fingerprint density at radius 3 is 2.32 bits per heavy atom. The molecule has 2 heteroatoms. The van der Waals surface area contributed by atoms with Gasteiger partial charge in [-0.1, -0.05) is 6.07 Å². The van der Waals surface area contributed by atoms with E-state index < -0.39 is 0 Å². The van der Waals surface area contributed by atoms with E-state index in [1.54, 1.807) is 0 Å². The number of benzene rings is 2. The second kappa shape index (κ2) is 4.96. The fourth-order valence-corrected chi connectivity index (χ4v) is 2.77. The van der Waals surface area contributed by atoms with E-state index in [0.717, 1.165) is 5.69 Å². The first kappa shape index (κ1) is 12.1. The van der Waals surface area contributed by atoms with Crippen LogP contribution in [0.2, 0.25) is 0 Å². The first-order chi connectivity index (χ1) is 9.28. The third kappa shape index (κ3) is 2.30. The molecule has 0 aromatic heterocycles. The third-order valence-corrected chi connectivity index (χ3v) is 4.01. The summed E-state index contributed by atoms with van der Waals surface area (Å²) in [7, 11) is 4.07. The second-order valence-electron chi connectivity index (χ2n) is 5.16. The van der Waals surface area contributed by atoms with Gasteiger partial charge in [-0.15, -0.1) is 0 Å². The summed E-state index contributed by atoms with van der Waals surface area (Å²) in [5, 5.41) is 3.15. The molecule has 0 bridgehead atoms. The van der Waals surface area contributed by atoms with Crippen molar-refractivity contribution in [2.24, 2.45) is 0 Å². The van der Waals surface area contributed by atoms with E-state index in [0.29, 0.717) is 0 Å². The SMILES string of the molecule is CNc1ccc(N(C)c2ccc3c(c2)CCC3)cc1. The van der Waals surface area contributed by atoms with E-state index in [2.05, 4.69) is 59.7 Å². The molecule has 1 aliphatic carbocycles. The Kier molecular flexibility index (Phi) is 3.16. The Morgan fingerprint density at radius 2 is 1.58 bits per heavy atom. The van der Waals surface area contributed by atoms with Crippen LogP contribution in [0, 0.1) is 0 Å². The van der Waals surface area contributed by atoms with Crippen LogP contribution in [0.25, 0.3) is 0 Å². The Morgan fingerprint density at radius 1 is 0.895 bits per heavy atom. The molecule has 0 heterocycles. The molecule has 98 valence electrons. The van der Waals surface area contributed by atoms with E-state index in [4.69, 9.17) is 0 Å². The van der Waals surface area contributed by atoms with Gasteiger partial charge in [-0.3, -0.25) is 0 Å². The molecule has 0 aliphatic heterocycles. The van der Waals surface area contributed by atoms with E-state index >= 15 is 0 Å². The highest BCUT2D eigenvalue weighted by Crippen LogP contribution is 2.30. The normalized spacial score (nSPS) is 13.2. The molecule has 2 aromatic carbocycles. The van der Waals surface area contributed by atoms with Crippen LogP contribution in [-0.2, 0) is 12.8 Å². The number of hydrogen-bond acceptors (Lipinski definition) is 2. The van der Waals surface area contributed by atoms with Crippen molar-refractivity contribution in [2.75, 3.05) is 24.3 Å². The van der Waals surface area contributed by atoms with Crippen molar-refractivity contribution < 1.29 is 0 Å². The lowest BCUT2D eigenvalue weighted by atomic mass is 10.1. The van der Waals surface area contributed by atoms with Gasteiger partial charge in [0, 0.05) is 31.2 Å². The number of fused-ring (bicyclic) bond motifs is 1. The zero-order valence-corrected chi connectivity index (χ0v) is 11.6. The largest absolute Gasteiger partial charge is 0.388 e. The van der Waals surface area contributed by atoms with Crippen molar-refractivity contribution in [1.29, 1.82) is 0 Å². The van der Waals surface area contributed by atoms with Crippen LogP contribution in [0.1, 0.15) is 17.5 Å². The lowest BCUT2D eigenvalue weighted by Crippen LogP contribution is -2.09. The minimum atomic E-state index is 1.14. The molecule has 0 amide bonds. The van der Waals surface area contributed by atoms with Crippen LogP contribution in [-0.4, -0.2) is 14.1 Å². The molecule has 0 saturated heterocycles. The van der Waals surface area contributed by atoms with Crippen molar-refractivity contribution in [3.05, 3.63) is 53.6 Å². The van der Waals surface area contributed by atoms with Crippen molar-refractivity contribution in [3.8, 4) is 0 Å². The number of anilines is 3. The van der Waals surface area contributed by atoms with E-state index in [1.807, 2.05) is 7.05 Å². The topological polar surface area (TPSA) is 15.3 Å². The standard InChI is InChI=1S/C17H20N2/c1-18-15-7-10-16(11-8-15)19(2)17-9-6-13-4-3-5-14(13)12-17/h6-12,18H,3-5H2,1-2H3. The molecule has 0 fully saturated rings. The van der Waals surface area contributed by atoms with E-state index in [9.17, 15) is 0 Å². The molecule has 0 radical (unpaired) electrons. The molecule has 2 nitrogen and oxygen atoms in total. The predicted molar refractivity (Wildman–Crippen MR) is 82.5 cm³/mol. The van der Waals surface area contributed by atoms with Gasteiger partial charge in [0.15, 0.2) is 0 Å². The Hall–Kier alpha value is -1.96. The Labute approximate surface area is 115 Å². The van der Waals surface area contributed by atoms with E-state index in [-0.39, 0.29) is 0 Å². The highest BCUT2D eigenvalue weighted by molar-refractivity contribution is 5.66. The summed E-state index contributed by atoms with van der Waals surface area (Å²) in [6, 6.07) is 15.4. The number of nitrogens with zero attached hydrogens (tertiary/aromatic N) is 1. The summed E-state index contributed by atoms with van der Waals surface area (Å²) in [4.78, 5) is 2.25. The van der Waals surface area contributed by atoms with Gasteiger partial charge in [0.25, 0.3) is 0 Å². The second-order valence-corrected chi connectivity index (χ2v) is 5.16. The first-order valence-electron chi connectivity index (χ1n) is 6.91. The zero-order chi connectivity index (χ0) is 13.2. The Bertz CT molecular complexity index is 572. The summed E-state index contributed by atoms with van der Waals surface area (Å²) in [5.41, 5.74) is 6.69. The van der Waals surface area contributed by atoms with Crippen molar-refractivity contribution in [1.82, 2.24) is 0 Å². The molecule has 19 heavy (non-hydrogen) atoms. The molecule has 2 aromatic rings. The fraction of sp³-hybridized carbons (Fsp3) is 0.294. The van der Waals surface area contributed by atoms with Crippen LogP contribution in [0.3, 0.4) is 0 Å². The van der Waals surface area contributed by atoms with Gasteiger partial charge < -0.3 is 10.2 Å². The summed E-state index contributed by atoms with van der Waals surface area (Å²) in [6.45, 7) is 0. The van der Waals surface area contributed by atoms with Gasteiger partial charge in [0.2, 0.25) is 0 Å². The lowest BCUT2D eigenvalue weighted by Gasteiger charge is -2.20. The average molecular weight is 252 g/mol. The fourth-order valence-electron chi connectivity index (χ4n) is 2.77. The third-order valence-electron chi connectivity index (χ3n) is 4.01. The highest BCUT2D eigenvalue weighted by atomic mass is 15.1. The number of hydrogen-bond donors (Lipinski definition) is 1. The maximum atomic E-state index is 3.15. The van der Waals surface area contributed by atoms with E-state index in [1.165, 1.54) is 41.8 Å². The van der Waals surface area contributed by atoms with Gasteiger partial charge in [0.1, 0.15) is 0 Å². The van der Waals surface area contributed by atoms with Crippen LogP contribution in [0.4, 0.5) is 17.1 Å². The Balaban J connectivity index is 1.88. The van der Waals surface area contributed by atoms with Crippen molar-refractivity contribution in [3.63, 3.8) is 0 Å². The van der Waals surface area contributed by atoms with Crippen molar-refractivity contribution >= 4 is 17.1 Å². The first-order valence-corrected chi connectivity index (χ1v) is 6.91. The molecular formula is C17H20N2. The monoisotopic (exact) mass is 252 g/mol. The zero-order valence-electron chi connectivity index (χ0n) is 11.6. The number of nitrogens with one attached hydrogen (secondary N) is 1. The van der Waals surface area contributed by atoms with Crippen LogP contribution in [0.15, 0.2) is 42.5 Å². The summed E-state index contributed by atoms with van der Waals surface area (Å²) in [6.07, 6.45) is 3.78. The molecular weight excluding hydrogens is 232 g/mol. The van der Waals surface area contributed by atoms with Gasteiger partial charge in [-0.25, -0.2) is 0 Å².